The van der Waals surface area contributed by atoms with Crippen LogP contribution in [0.3, 0.4) is 0 Å². The number of alkyl halides is 1. The molecule has 3 amide bonds. The lowest BCUT2D eigenvalue weighted by Crippen LogP contribution is -2.60. The SMILES string of the molecule is CC(C)C(NC(=O)c1ccc(Br)cc1)C(=O)N1CCCC[C@H]1C(=O)NC(CCCNC(=N)N)C(=O)CF. The Balaban J connectivity index is 2.13. The van der Waals surface area contributed by atoms with Crippen molar-refractivity contribution in [2.24, 2.45) is 11.7 Å². The molecular weight excluding hydrogens is 547 g/mol. The van der Waals surface area contributed by atoms with Crippen LogP contribution in [-0.2, 0) is 14.4 Å². The van der Waals surface area contributed by atoms with Crippen LogP contribution in [0.1, 0.15) is 56.3 Å². The van der Waals surface area contributed by atoms with E-state index in [2.05, 4.69) is 31.9 Å². The molecule has 2 rings (SSSR count). The molecule has 37 heavy (non-hydrogen) atoms. The van der Waals surface area contributed by atoms with Crippen LogP contribution in [0.5, 0.6) is 0 Å². The van der Waals surface area contributed by atoms with Crippen molar-refractivity contribution in [2.45, 2.75) is 64.1 Å². The van der Waals surface area contributed by atoms with E-state index < -0.39 is 42.4 Å². The smallest absolute Gasteiger partial charge is 0.251 e. The summed E-state index contributed by atoms with van der Waals surface area (Å²) in [5.41, 5.74) is 5.65. The number of ketones is 1. The van der Waals surface area contributed by atoms with Crippen molar-refractivity contribution in [1.82, 2.24) is 20.9 Å². The van der Waals surface area contributed by atoms with Gasteiger partial charge in [0.1, 0.15) is 18.8 Å². The molecule has 0 aliphatic carbocycles. The van der Waals surface area contributed by atoms with E-state index in [1.165, 1.54) is 4.90 Å². The van der Waals surface area contributed by atoms with Gasteiger partial charge in [0.05, 0.1) is 6.04 Å². The second kappa shape index (κ2) is 14.7. The Morgan fingerprint density at radius 3 is 2.43 bits per heavy atom. The van der Waals surface area contributed by atoms with Gasteiger partial charge in [-0.05, 0) is 62.3 Å². The summed E-state index contributed by atoms with van der Waals surface area (Å²) in [6.07, 6.45) is 2.34. The van der Waals surface area contributed by atoms with Gasteiger partial charge in [-0.25, -0.2) is 4.39 Å². The molecule has 3 atom stereocenters. The fraction of sp³-hybridized carbons (Fsp3) is 0.560. The highest BCUT2D eigenvalue weighted by molar-refractivity contribution is 9.10. The predicted octanol–water partition coefficient (Wildman–Crippen LogP) is 1.87. The number of carbonyl (C=O) groups excluding carboxylic acids is 4. The zero-order valence-corrected chi connectivity index (χ0v) is 22.8. The van der Waals surface area contributed by atoms with Crippen LogP contribution in [0.4, 0.5) is 4.39 Å². The van der Waals surface area contributed by atoms with Crippen LogP contribution in [0.2, 0.25) is 0 Å². The van der Waals surface area contributed by atoms with E-state index in [1.807, 2.05) is 13.8 Å². The topological polar surface area (TPSA) is 157 Å². The maximum Gasteiger partial charge on any atom is 0.251 e. The molecule has 0 aromatic heterocycles. The molecule has 1 heterocycles. The molecule has 0 spiro atoms. The molecule has 1 aliphatic rings. The molecule has 0 saturated carbocycles. The fourth-order valence-electron chi connectivity index (χ4n) is 4.19. The summed E-state index contributed by atoms with van der Waals surface area (Å²) in [4.78, 5) is 53.2. The summed E-state index contributed by atoms with van der Waals surface area (Å²) in [7, 11) is 0. The summed E-state index contributed by atoms with van der Waals surface area (Å²) in [6.45, 7) is 3.03. The van der Waals surface area contributed by atoms with E-state index in [-0.39, 0.29) is 24.2 Å². The first-order valence-electron chi connectivity index (χ1n) is 12.4. The Morgan fingerprint density at radius 1 is 1.16 bits per heavy atom. The molecule has 1 aliphatic heterocycles. The molecule has 1 fully saturated rings. The Morgan fingerprint density at radius 2 is 1.84 bits per heavy atom. The van der Waals surface area contributed by atoms with Crippen molar-refractivity contribution in [3.05, 3.63) is 34.3 Å². The predicted molar refractivity (Wildman–Crippen MR) is 142 cm³/mol. The highest BCUT2D eigenvalue weighted by Gasteiger charge is 2.38. The number of nitrogens with two attached hydrogens (primary N) is 1. The molecule has 12 heteroatoms. The van der Waals surface area contributed by atoms with Crippen molar-refractivity contribution >= 4 is 45.4 Å². The number of hydrogen-bond donors (Lipinski definition) is 5. The van der Waals surface area contributed by atoms with E-state index in [0.29, 0.717) is 44.3 Å². The van der Waals surface area contributed by atoms with Gasteiger partial charge in [-0.1, -0.05) is 29.8 Å². The van der Waals surface area contributed by atoms with Crippen LogP contribution in [0.15, 0.2) is 28.7 Å². The van der Waals surface area contributed by atoms with Crippen LogP contribution in [-0.4, -0.2) is 72.3 Å². The highest BCUT2D eigenvalue weighted by atomic mass is 79.9. The lowest BCUT2D eigenvalue weighted by atomic mass is 9.96. The van der Waals surface area contributed by atoms with E-state index in [9.17, 15) is 23.6 Å². The number of guanidine groups is 1. The lowest BCUT2D eigenvalue weighted by Gasteiger charge is -2.38. The number of benzene rings is 1. The number of rotatable bonds is 12. The standard InChI is InChI=1S/C25H36BrFN6O4/c1-15(2)21(32-22(35)16-8-10-17(26)11-9-16)24(37)33-13-4-3-7-19(33)23(36)31-18(20(34)14-27)6-5-12-30-25(28)29/h8-11,15,18-19,21H,3-7,12-14H2,1-2H3,(H,31,36)(H,32,35)(H4,28,29,30)/t18?,19-,21?/m0/s1. The van der Waals surface area contributed by atoms with Gasteiger partial charge in [0.15, 0.2) is 11.7 Å². The number of piperidine rings is 1. The number of Topliss-reactive ketones (excluding diaryl/α,β-unsaturated/α-hetero) is 1. The number of amides is 3. The van der Waals surface area contributed by atoms with Crippen molar-refractivity contribution in [2.75, 3.05) is 19.8 Å². The van der Waals surface area contributed by atoms with Crippen molar-refractivity contribution in [3.63, 3.8) is 0 Å². The molecule has 1 saturated heterocycles. The summed E-state index contributed by atoms with van der Waals surface area (Å²) < 4.78 is 14.0. The van der Waals surface area contributed by atoms with Crippen LogP contribution < -0.4 is 21.7 Å². The molecule has 2 unspecified atom stereocenters. The molecule has 10 nitrogen and oxygen atoms in total. The average molecular weight is 584 g/mol. The number of hydrogen-bond acceptors (Lipinski definition) is 5. The van der Waals surface area contributed by atoms with Gasteiger partial charge >= 0.3 is 0 Å². The highest BCUT2D eigenvalue weighted by Crippen LogP contribution is 2.21. The van der Waals surface area contributed by atoms with Crippen LogP contribution in [0.25, 0.3) is 0 Å². The molecule has 0 bridgehead atoms. The summed E-state index contributed by atoms with van der Waals surface area (Å²) in [5, 5.41) is 15.2. The van der Waals surface area contributed by atoms with Crippen LogP contribution >= 0.6 is 15.9 Å². The van der Waals surface area contributed by atoms with Gasteiger partial charge in [0, 0.05) is 23.1 Å². The summed E-state index contributed by atoms with van der Waals surface area (Å²) in [6, 6.07) is 4.01. The molecule has 204 valence electrons. The average Bonchev–Trinajstić information content (AvgIpc) is 2.87. The zero-order chi connectivity index (χ0) is 27.5. The van der Waals surface area contributed by atoms with E-state index in [0.717, 1.165) is 4.47 Å². The van der Waals surface area contributed by atoms with Gasteiger partial charge in [0.2, 0.25) is 11.8 Å². The first kappa shape index (κ1) is 30.2. The van der Waals surface area contributed by atoms with Gasteiger partial charge in [-0.3, -0.25) is 24.6 Å². The van der Waals surface area contributed by atoms with Gasteiger partial charge in [-0.2, -0.15) is 0 Å². The third kappa shape index (κ3) is 9.10. The van der Waals surface area contributed by atoms with Gasteiger partial charge < -0.3 is 26.6 Å². The Hall–Kier alpha value is -3.02. The molecule has 6 N–H and O–H groups in total. The van der Waals surface area contributed by atoms with E-state index >= 15 is 0 Å². The quantitative estimate of drug-likeness (QED) is 0.144. The maximum atomic E-state index is 13.6. The molecule has 1 aromatic rings. The third-order valence-electron chi connectivity index (χ3n) is 6.24. The Kier molecular flexibility index (Phi) is 12.0. The molecular formula is C25H36BrFN6O4. The number of nitrogens with zero attached hydrogens (tertiary/aromatic N) is 1. The number of carbonyl (C=O) groups is 4. The normalized spacial score (nSPS) is 17.0. The van der Waals surface area contributed by atoms with E-state index in [1.54, 1.807) is 24.3 Å². The number of nitrogens with one attached hydrogen (secondary N) is 4. The Bertz CT molecular complexity index is 974. The molecule has 0 radical (unpaired) electrons. The second-order valence-corrected chi connectivity index (χ2v) is 10.3. The minimum Gasteiger partial charge on any atom is -0.370 e. The minimum absolute atomic E-state index is 0.160. The fourth-order valence-corrected chi connectivity index (χ4v) is 4.45. The Labute approximate surface area is 224 Å². The van der Waals surface area contributed by atoms with Crippen molar-refractivity contribution in [3.8, 4) is 0 Å². The monoisotopic (exact) mass is 582 g/mol. The number of likely N-dealkylation sites (tertiary alicyclic amines) is 1. The minimum atomic E-state index is -1.23. The van der Waals surface area contributed by atoms with Gasteiger partial charge in [-0.15, -0.1) is 0 Å². The summed E-state index contributed by atoms with van der Waals surface area (Å²) >= 11 is 3.33. The third-order valence-corrected chi connectivity index (χ3v) is 6.76. The lowest BCUT2D eigenvalue weighted by molar-refractivity contribution is -0.145. The molecule has 1 aromatic carbocycles. The van der Waals surface area contributed by atoms with Crippen LogP contribution in [0, 0.1) is 11.3 Å². The first-order chi connectivity index (χ1) is 17.5. The first-order valence-corrected chi connectivity index (χ1v) is 13.2. The maximum absolute atomic E-state index is 13.6. The van der Waals surface area contributed by atoms with Crippen molar-refractivity contribution in [1.29, 1.82) is 5.41 Å². The zero-order valence-electron chi connectivity index (χ0n) is 21.2. The largest absolute Gasteiger partial charge is 0.370 e. The second-order valence-electron chi connectivity index (χ2n) is 9.39. The number of halogens is 2. The van der Waals surface area contributed by atoms with Gasteiger partial charge in [0.25, 0.3) is 5.91 Å². The summed E-state index contributed by atoms with van der Waals surface area (Å²) in [5.74, 6) is -2.52. The van der Waals surface area contributed by atoms with Crippen molar-refractivity contribution < 1.29 is 23.6 Å². The van der Waals surface area contributed by atoms with E-state index in [4.69, 9.17) is 11.1 Å².